The molecular formula is C19H14N4O4S. The molecule has 0 unspecified atom stereocenters. The zero-order valence-corrected chi connectivity index (χ0v) is 15.2. The van der Waals surface area contributed by atoms with E-state index in [1.165, 1.54) is 42.6 Å². The molecule has 9 heteroatoms. The van der Waals surface area contributed by atoms with Crippen molar-refractivity contribution >= 4 is 33.3 Å². The summed E-state index contributed by atoms with van der Waals surface area (Å²) in [5, 5.41) is 18.5. The lowest BCUT2D eigenvalue weighted by atomic mass is 10.1. The molecule has 8 nitrogen and oxygen atoms in total. The van der Waals surface area contributed by atoms with Crippen molar-refractivity contribution in [1.82, 2.24) is 0 Å². The first kappa shape index (κ1) is 19.1. The number of hydrogen-bond acceptors (Lipinski definition) is 6. The zero-order chi connectivity index (χ0) is 20.0. The third kappa shape index (κ3) is 4.92. The van der Waals surface area contributed by atoms with Crippen LogP contribution in [0, 0.1) is 10.1 Å². The zero-order valence-electron chi connectivity index (χ0n) is 14.4. The van der Waals surface area contributed by atoms with E-state index in [0.717, 1.165) is 0 Å². The van der Waals surface area contributed by atoms with Crippen molar-refractivity contribution in [3.8, 4) is 0 Å². The smallest absolute Gasteiger partial charge is 0.258 e. The lowest BCUT2D eigenvalue weighted by Crippen LogP contribution is -2.04. The number of benzene rings is 2. The van der Waals surface area contributed by atoms with Crippen LogP contribution >= 0.6 is 0 Å². The summed E-state index contributed by atoms with van der Waals surface area (Å²) in [7, 11) is -3.77. The van der Waals surface area contributed by atoms with Gasteiger partial charge < -0.3 is 0 Å². The summed E-state index contributed by atoms with van der Waals surface area (Å²) >= 11 is 0. The fourth-order valence-corrected chi connectivity index (χ4v) is 3.21. The average molecular weight is 394 g/mol. The van der Waals surface area contributed by atoms with Crippen molar-refractivity contribution < 1.29 is 13.3 Å². The minimum absolute atomic E-state index is 0.00103. The number of nitrogens with zero attached hydrogens (tertiary/aromatic N) is 4. The molecule has 0 radical (unpaired) electrons. The number of rotatable bonds is 5. The predicted octanol–water partition coefficient (Wildman–Crippen LogP) is 3.33. The lowest BCUT2D eigenvalue weighted by molar-refractivity contribution is -0.384. The average Bonchev–Trinajstić information content (AvgIpc) is 2.70. The van der Waals surface area contributed by atoms with Crippen LogP contribution in [-0.2, 0) is 10.0 Å². The highest BCUT2D eigenvalue weighted by Crippen LogP contribution is 2.13. The highest BCUT2D eigenvalue weighted by Gasteiger charge is 2.12. The van der Waals surface area contributed by atoms with Crippen molar-refractivity contribution in [3.63, 3.8) is 0 Å². The number of nitro benzene ring substituents is 1. The van der Waals surface area contributed by atoms with E-state index in [1.807, 2.05) is 0 Å². The Kier molecular flexibility index (Phi) is 5.66. The van der Waals surface area contributed by atoms with Crippen molar-refractivity contribution in [2.24, 2.45) is 14.6 Å². The Morgan fingerprint density at radius 1 is 0.857 bits per heavy atom. The fraction of sp³-hybridized carbons (Fsp3) is 0. The summed E-state index contributed by atoms with van der Waals surface area (Å²) in [6, 6.07) is 13.8. The van der Waals surface area contributed by atoms with Crippen LogP contribution in [0.3, 0.4) is 0 Å². The van der Waals surface area contributed by atoms with Gasteiger partial charge in [-0.15, -0.1) is 0 Å². The third-order valence-electron chi connectivity index (χ3n) is 3.60. The molecule has 0 aliphatic heterocycles. The Bertz CT molecular complexity index is 1110. The molecule has 1 aliphatic rings. The van der Waals surface area contributed by atoms with E-state index in [-0.39, 0.29) is 16.3 Å². The molecule has 0 spiro atoms. The van der Waals surface area contributed by atoms with Crippen LogP contribution in [0.15, 0.2) is 98.4 Å². The molecule has 2 aromatic rings. The quantitative estimate of drug-likeness (QED) is 0.335. The molecule has 3 rings (SSSR count). The standard InChI is InChI=1S/C19H14N4O4S/c24-23(25)18-12-6-15(7-13-18)14-20-21-16-8-10-17(11-9-16)22-28(26,27)19-4-2-1-3-5-19/h1-14H. The summed E-state index contributed by atoms with van der Waals surface area (Å²) < 4.78 is 28.2. The molecule has 0 amide bonds. The summed E-state index contributed by atoms with van der Waals surface area (Å²) in [6.07, 6.45) is 7.70. The molecule has 0 bridgehead atoms. The van der Waals surface area contributed by atoms with E-state index in [4.69, 9.17) is 0 Å². The highest BCUT2D eigenvalue weighted by atomic mass is 32.2. The van der Waals surface area contributed by atoms with Gasteiger partial charge in [-0.1, -0.05) is 18.2 Å². The molecule has 1 aliphatic carbocycles. The summed E-state index contributed by atoms with van der Waals surface area (Å²) in [4.78, 5) is 10.3. The second-order valence-electron chi connectivity index (χ2n) is 5.59. The molecular weight excluding hydrogens is 380 g/mol. The number of hydrogen-bond donors (Lipinski definition) is 0. The number of allylic oxidation sites excluding steroid dienone is 4. The number of nitro groups is 1. The molecule has 0 heterocycles. The van der Waals surface area contributed by atoms with E-state index in [0.29, 0.717) is 11.3 Å². The Morgan fingerprint density at radius 3 is 2.07 bits per heavy atom. The van der Waals surface area contributed by atoms with Crippen LogP contribution < -0.4 is 0 Å². The maximum absolute atomic E-state index is 12.2. The van der Waals surface area contributed by atoms with Crippen molar-refractivity contribution in [1.29, 1.82) is 0 Å². The predicted molar refractivity (Wildman–Crippen MR) is 107 cm³/mol. The Morgan fingerprint density at radius 2 is 1.46 bits per heavy atom. The topological polar surface area (TPSA) is 114 Å². The van der Waals surface area contributed by atoms with Gasteiger partial charge in [0.1, 0.15) is 0 Å². The van der Waals surface area contributed by atoms with Gasteiger partial charge >= 0.3 is 0 Å². The second kappa shape index (κ2) is 8.31. The van der Waals surface area contributed by atoms with Gasteiger partial charge in [0.2, 0.25) is 0 Å². The van der Waals surface area contributed by atoms with Crippen molar-refractivity contribution in [3.05, 3.63) is 94.6 Å². The maximum Gasteiger partial charge on any atom is 0.282 e. The van der Waals surface area contributed by atoms with Crippen LogP contribution in [-0.4, -0.2) is 31.0 Å². The summed E-state index contributed by atoms with van der Waals surface area (Å²) in [5.41, 5.74) is 1.45. The lowest BCUT2D eigenvalue weighted by Gasteiger charge is -2.02. The van der Waals surface area contributed by atoms with Gasteiger partial charge in [-0.05, 0) is 54.1 Å². The van der Waals surface area contributed by atoms with E-state index in [9.17, 15) is 18.5 Å². The molecule has 0 atom stereocenters. The van der Waals surface area contributed by atoms with Gasteiger partial charge in [0.15, 0.2) is 0 Å². The molecule has 0 fully saturated rings. The van der Waals surface area contributed by atoms with Crippen molar-refractivity contribution in [2.75, 3.05) is 0 Å². The van der Waals surface area contributed by atoms with Crippen LogP contribution in [0.1, 0.15) is 5.56 Å². The first-order valence-electron chi connectivity index (χ1n) is 8.06. The highest BCUT2D eigenvalue weighted by molar-refractivity contribution is 7.90. The van der Waals surface area contributed by atoms with Gasteiger partial charge in [0, 0.05) is 12.1 Å². The molecule has 0 N–H and O–H groups in total. The largest absolute Gasteiger partial charge is 0.282 e. The van der Waals surface area contributed by atoms with Gasteiger partial charge in [-0.25, -0.2) is 0 Å². The first-order valence-corrected chi connectivity index (χ1v) is 9.50. The summed E-state index contributed by atoms with van der Waals surface area (Å²) in [6.45, 7) is 0. The Labute approximate surface area is 161 Å². The van der Waals surface area contributed by atoms with Crippen LogP contribution in [0.2, 0.25) is 0 Å². The van der Waals surface area contributed by atoms with Crippen LogP contribution in [0.25, 0.3) is 0 Å². The van der Waals surface area contributed by atoms with Gasteiger partial charge in [0.25, 0.3) is 15.7 Å². The van der Waals surface area contributed by atoms with Gasteiger partial charge in [-0.2, -0.15) is 23.0 Å². The fourth-order valence-electron chi connectivity index (χ4n) is 2.21. The van der Waals surface area contributed by atoms with E-state index in [2.05, 4.69) is 14.6 Å². The third-order valence-corrected chi connectivity index (χ3v) is 4.92. The van der Waals surface area contributed by atoms with E-state index >= 15 is 0 Å². The number of sulfonamides is 1. The molecule has 0 aromatic heterocycles. The molecule has 2 aromatic carbocycles. The molecule has 0 saturated carbocycles. The van der Waals surface area contributed by atoms with E-state index < -0.39 is 14.9 Å². The number of non-ortho nitro benzene ring substituents is 1. The monoisotopic (exact) mass is 394 g/mol. The summed E-state index contributed by atoms with van der Waals surface area (Å²) in [5.74, 6) is 0. The van der Waals surface area contributed by atoms with Crippen molar-refractivity contribution in [2.45, 2.75) is 4.90 Å². The van der Waals surface area contributed by atoms with Gasteiger partial charge in [-0.3, -0.25) is 10.1 Å². The van der Waals surface area contributed by atoms with Gasteiger partial charge in [0.05, 0.1) is 27.5 Å². The van der Waals surface area contributed by atoms with Crippen LogP contribution in [0.5, 0.6) is 0 Å². The molecule has 28 heavy (non-hydrogen) atoms. The second-order valence-corrected chi connectivity index (χ2v) is 7.19. The minimum atomic E-state index is -3.77. The first-order chi connectivity index (χ1) is 13.4. The Balaban J connectivity index is 1.68. The normalized spacial score (nSPS) is 13.7. The maximum atomic E-state index is 12.2. The minimum Gasteiger partial charge on any atom is -0.258 e. The van der Waals surface area contributed by atoms with E-state index in [1.54, 1.807) is 42.5 Å². The molecule has 140 valence electrons. The SMILES string of the molecule is O=[N+]([O-])c1ccc(C=NN=C2C=CC(=NS(=O)(=O)c3ccccc3)C=C2)cc1. The molecule has 0 saturated heterocycles. The van der Waals surface area contributed by atoms with Crippen LogP contribution in [0.4, 0.5) is 5.69 Å². The Hall–Kier alpha value is -3.72.